The molecule has 5 heteroatoms. The molecule has 0 saturated heterocycles. The van der Waals surface area contributed by atoms with Gasteiger partial charge >= 0.3 is 12.1 Å². The van der Waals surface area contributed by atoms with Gasteiger partial charge in [-0.25, -0.2) is 4.79 Å². The molecular weight excluding hydrogens is 234 g/mol. The number of hydrogen-bond donors (Lipinski definition) is 2. The van der Waals surface area contributed by atoms with E-state index in [0.717, 1.165) is 11.1 Å². The van der Waals surface area contributed by atoms with Gasteiger partial charge in [-0.2, -0.15) is 0 Å². The summed E-state index contributed by atoms with van der Waals surface area (Å²) in [5.74, 6) is -0.867. The molecule has 1 rings (SSSR count). The van der Waals surface area contributed by atoms with E-state index in [1.165, 1.54) is 6.08 Å². The van der Waals surface area contributed by atoms with Crippen LogP contribution in [0.25, 0.3) is 0 Å². The Hall–Kier alpha value is -2.30. The van der Waals surface area contributed by atoms with Gasteiger partial charge in [0.25, 0.3) is 0 Å². The SMILES string of the molecule is C=CCOC(=O)NCc1ccc(CC(=O)O)cc1. The van der Waals surface area contributed by atoms with Crippen molar-refractivity contribution < 1.29 is 19.4 Å². The predicted octanol–water partition coefficient (Wildman–Crippen LogP) is 1.73. The van der Waals surface area contributed by atoms with Crippen molar-refractivity contribution in [2.24, 2.45) is 0 Å². The second kappa shape index (κ2) is 7.11. The number of carboxylic acids is 1. The van der Waals surface area contributed by atoms with Crippen molar-refractivity contribution >= 4 is 12.1 Å². The van der Waals surface area contributed by atoms with Crippen LogP contribution >= 0.6 is 0 Å². The van der Waals surface area contributed by atoms with Crippen LogP contribution in [0.3, 0.4) is 0 Å². The fourth-order valence-electron chi connectivity index (χ4n) is 1.31. The third kappa shape index (κ3) is 5.16. The lowest BCUT2D eigenvalue weighted by molar-refractivity contribution is -0.136. The maximum atomic E-state index is 11.1. The minimum atomic E-state index is -0.867. The first-order chi connectivity index (χ1) is 8.61. The second-order valence-corrected chi connectivity index (χ2v) is 3.63. The van der Waals surface area contributed by atoms with Gasteiger partial charge in [-0.15, -0.1) is 0 Å². The van der Waals surface area contributed by atoms with Gasteiger partial charge in [0.1, 0.15) is 6.61 Å². The smallest absolute Gasteiger partial charge is 0.407 e. The van der Waals surface area contributed by atoms with Crippen molar-refractivity contribution in [1.29, 1.82) is 0 Å². The first-order valence-electron chi connectivity index (χ1n) is 5.43. The van der Waals surface area contributed by atoms with Gasteiger partial charge in [-0.05, 0) is 11.1 Å². The molecule has 0 saturated carbocycles. The lowest BCUT2D eigenvalue weighted by atomic mass is 10.1. The molecule has 0 aliphatic carbocycles. The third-order valence-corrected chi connectivity index (χ3v) is 2.15. The molecule has 5 nitrogen and oxygen atoms in total. The number of carbonyl (C=O) groups excluding carboxylic acids is 1. The highest BCUT2D eigenvalue weighted by atomic mass is 16.5. The Labute approximate surface area is 105 Å². The summed E-state index contributed by atoms with van der Waals surface area (Å²) in [6.07, 6.45) is 0.972. The number of ether oxygens (including phenoxy) is 1. The zero-order valence-electron chi connectivity index (χ0n) is 9.89. The van der Waals surface area contributed by atoms with E-state index >= 15 is 0 Å². The van der Waals surface area contributed by atoms with Gasteiger partial charge in [-0.1, -0.05) is 36.9 Å². The second-order valence-electron chi connectivity index (χ2n) is 3.63. The number of amides is 1. The molecule has 18 heavy (non-hydrogen) atoms. The van der Waals surface area contributed by atoms with Crippen LogP contribution in [0.5, 0.6) is 0 Å². The minimum Gasteiger partial charge on any atom is -0.481 e. The summed E-state index contributed by atoms with van der Waals surface area (Å²) in [4.78, 5) is 21.6. The number of hydrogen-bond acceptors (Lipinski definition) is 3. The molecule has 0 heterocycles. The first kappa shape index (κ1) is 13.8. The standard InChI is InChI=1S/C13H15NO4/c1-2-7-18-13(17)14-9-11-5-3-10(4-6-11)8-12(15)16/h2-6H,1,7-9H2,(H,14,17)(H,15,16). The molecule has 0 spiro atoms. The molecule has 0 radical (unpaired) electrons. The Bertz CT molecular complexity index is 425. The highest BCUT2D eigenvalue weighted by molar-refractivity contribution is 5.70. The average molecular weight is 249 g/mol. The van der Waals surface area contributed by atoms with Crippen LogP contribution in [0.1, 0.15) is 11.1 Å². The van der Waals surface area contributed by atoms with Crippen LogP contribution < -0.4 is 5.32 Å². The lowest BCUT2D eigenvalue weighted by Gasteiger charge is -2.06. The summed E-state index contributed by atoms with van der Waals surface area (Å²) in [6, 6.07) is 6.98. The maximum absolute atomic E-state index is 11.1. The monoisotopic (exact) mass is 249 g/mol. The number of nitrogens with one attached hydrogen (secondary N) is 1. The molecule has 96 valence electrons. The van der Waals surface area contributed by atoms with Gasteiger partial charge in [-0.3, -0.25) is 4.79 Å². The summed E-state index contributed by atoms with van der Waals surface area (Å²) >= 11 is 0. The Morgan fingerprint density at radius 1 is 1.28 bits per heavy atom. The van der Waals surface area contributed by atoms with Crippen molar-refractivity contribution in [3.8, 4) is 0 Å². The van der Waals surface area contributed by atoms with Crippen molar-refractivity contribution in [3.63, 3.8) is 0 Å². The van der Waals surface area contributed by atoms with E-state index in [4.69, 9.17) is 9.84 Å². The summed E-state index contributed by atoms with van der Waals surface area (Å²) in [5, 5.41) is 11.2. The van der Waals surface area contributed by atoms with Crippen molar-refractivity contribution in [1.82, 2.24) is 5.32 Å². The minimum absolute atomic E-state index is 0.00488. The van der Waals surface area contributed by atoms with E-state index in [0.29, 0.717) is 6.54 Å². The van der Waals surface area contributed by atoms with Gasteiger partial charge in [0.2, 0.25) is 0 Å². The Morgan fingerprint density at radius 2 is 1.89 bits per heavy atom. The molecule has 1 aromatic carbocycles. The quantitative estimate of drug-likeness (QED) is 0.753. The van der Waals surface area contributed by atoms with Crippen LogP contribution in [0, 0.1) is 0 Å². The van der Waals surface area contributed by atoms with Gasteiger partial charge in [0.05, 0.1) is 6.42 Å². The number of aliphatic carboxylic acids is 1. The van der Waals surface area contributed by atoms with Crippen molar-refractivity contribution in [2.75, 3.05) is 6.61 Å². The molecule has 0 aliphatic heterocycles. The van der Waals surface area contributed by atoms with Crippen LogP contribution in [-0.4, -0.2) is 23.8 Å². The van der Waals surface area contributed by atoms with Crippen LogP contribution in [-0.2, 0) is 22.5 Å². The number of benzene rings is 1. The molecule has 0 atom stereocenters. The molecule has 0 fully saturated rings. The normalized spacial score (nSPS) is 9.56. The molecule has 2 N–H and O–H groups in total. The lowest BCUT2D eigenvalue weighted by Crippen LogP contribution is -2.23. The Balaban J connectivity index is 2.41. The van der Waals surface area contributed by atoms with Crippen molar-refractivity contribution in [3.05, 3.63) is 48.0 Å². The molecule has 0 unspecified atom stereocenters. The number of carboxylic acid groups (broad SMARTS) is 1. The largest absolute Gasteiger partial charge is 0.481 e. The Kier molecular flexibility index (Phi) is 5.44. The van der Waals surface area contributed by atoms with E-state index in [1.54, 1.807) is 24.3 Å². The van der Waals surface area contributed by atoms with Gasteiger partial charge in [0, 0.05) is 6.54 Å². The highest BCUT2D eigenvalue weighted by Crippen LogP contribution is 2.05. The Morgan fingerprint density at radius 3 is 2.44 bits per heavy atom. The van der Waals surface area contributed by atoms with Gasteiger partial charge in [0.15, 0.2) is 0 Å². The van der Waals surface area contributed by atoms with Crippen LogP contribution in [0.2, 0.25) is 0 Å². The number of carbonyl (C=O) groups is 2. The topological polar surface area (TPSA) is 75.6 Å². The highest BCUT2D eigenvalue weighted by Gasteiger charge is 2.02. The third-order valence-electron chi connectivity index (χ3n) is 2.15. The zero-order chi connectivity index (χ0) is 13.4. The van der Waals surface area contributed by atoms with E-state index in [9.17, 15) is 9.59 Å². The first-order valence-corrected chi connectivity index (χ1v) is 5.43. The van der Waals surface area contributed by atoms with E-state index in [1.807, 2.05) is 0 Å². The summed E-state index contributed by atoms with van der Waals surface area (Å²) in [7, 11) is 0. The van der Waals surface area contributed by atoms with Crippen molar-refractivity contribution in [2.45, 2.75) is 13.0 Å². The summed E-state index contributed by atoms with van der Waals surface area (Å²) in [5.41, 5.74) is 1.60. The van der Waals surface area contributed by atoms with E-state index < -0.39 is 12.1 Å². The molecule has 1 amide bonds. The number of alkyl carbamates (subject to hydrolysis) is 1. The summed E-state index contributed by atoms with van der Waals surface area (Å²) < 4.78 is 4.74. The number of rotatable bonds is 6. The molecule has 0 bridgehead atoms. The van der Waals surface area contributed by atoms with Crippen LogP contribution in [0.4, 0.5) is 4.79 Å². The molecule has 0 aliphatic rings. The summed E-state index contributed by atoms with van der Waals surface area (Å²) in [6.45, 7) is 3.94. The predicted molar refractivity (Wildman–Crippen MR) is 66.2 cm³/mol. The van der Waals surface area contributed by atoms with Gasteiger partial charge < -0.3 is 15.2 Å². The molecule has 1 aromatic rings. The van der Waals surface area contributed by atoms with E-state index in [2.05, 4.69) is 11.9 Å². The molecule has 0 aromatic heterocycles. The fraction of sp³-hybridized carbons (Fsp3) is 0.231. The van der Waals surface area contributed by atoms with Crippen LogP contribution in [0.15, 0.2) is 36.9 Å². The van der Waals surface area contributed by atoms with E-state index in [-0.39, 0.29) is 13.0 Å². The maximum Gasteiger partial charge on any atom is 0.407 e. The fourth-order valence-corrected chi connectivity index (χ4v) is 1.31. The average Bonchev–Trinajstić information content (AvgIpc) is 2.35. The molecular formula is C13H15NO4. The zero-order valence-corrected chi connectivity index (χ0v) is 9.89.